The van der Waals surface area contributed by atoms with Gasteiger partial charge in [-0.05, 0) is 36.4 Å². The van der Waals surface area contributed by atoms with Crippen LogP contribution in [0, 0.1) is 0 Å². The number of hydrogen-bond acceptors (Lipinski definition) is 5. The minimum Gasteiger partial charge on any atom is -0.507 e. The number of benzene rings is 2. The number of rotatable bonds is 8. The Balaban J connectivity index is 1.57. The van der Waals surface area contributed by atoms with Crippen molar-refractivity contribution in [3.63, 3.8) is 0 Å². The monoisotopic (exact) mass is 418 g/mol. The number of nitrogens with one attached hydrogen (secondary N) is 1. The van der Waals surface area contributed by atoms with Crippen LogP contribution in [0.3, 0.4) is 0 Å². The first-order chi connectivity index (χ1) is 13.9. The maximum absolute atomic E-state index is 12.4. The SMILES string of the molecule is CC(=O)N1CC(OC[C@H](CNC(=O)c2ccccc2O)Oc2ccc(Cl)cc2)C1. The predicted molar refractivity (Wildman–Crippen MR) is 108 cm³/mol. The molecule has 1 aliphatic rings. The molecule has 0 spiro atoms. The van der Waals surface area contributed by atoms with Gasteiger partial charge in [0.15, 0.2) is 0 Å². The van der Waals surface area contributed by atoms with Crippen LogP contribution >= 0.6 is 11.6 Å². The summed E-state index contributed by atoms with van der Waals surface area (Å²) < 4.78 is 11.8. The molecule has 0 unspecified atom stereocenters. The van der Waals surface area contributed by atoms with E-state index in [4.69, 9.17) is 21.1 Å². The lowest BCUT2D eigenvalue weighted by Gasteiger charge is -2.38. The molecule has 3 rings (SSSR count). The molecule has 154 valence electrons. The van der Waals surface area contributed by atoms with Gasteiger partial charge in [0.1, 0.15) is 17.6 Å². The number of phenols is 1. The molecule has 2 aromatic carbocycles. The van der Waals surface area contributed by atoms with Crippen molar-refractivity contribution >= 4 is 23.4 Å². The molecule has 1 aliphatic heterocycles. The van der Waals surface area contributed by atoms with Crippen LogP contribution in [-0.2, 0) is 9.53 Å². The van der Waals surface area contributed by atoms with Crippen molar-refractivity contribution in [3.8, 4) is 11.5 Å². The Bertz CT molecular complexity index is 852. The molecule has 2 N–H and O–H groups in total. The van der Waals surface area contributed by atoms with E-state index < -0.39 is 12.0 Å². The van der Waals surface area contributed by atoms with Crippen LogP contribution in [-0.4, -0.2) is 60.3 Å². The van der Waals surface area contributed by atoms with Crippen molar-refractivity contribution in [1.29, 1.82) is 0 Å². The van der Waals surface area contributed by atoms with Crippen LogP contribution in [0.2, 0.25) is 5.02 Å². The van der Waals surface area contributed by atoms with Crippen molar-refractivity contribution in [2.75, 3.05) is 26.2 Å². The molecule has 7 nitrogen and oxygen atoms in total. The Morgan fingerprint density at radius 1 is 1.21 bits per heavy atom. The minimum atomic E-state index is -0.461. The molecule has 2 aromatic rings. The summed E-state index contributed by atoms with van der Waals surface area (Å²) in [6, 6.07) is 13.2. The molecule has 0 saturated carbocycles. The summed E-state index contributed by atoms with van der Waals surface area (Å²) in [5, 5.41) is 13.2. The minimum absolute atomic E-state index is 0.0220. The Morgan fingerprint density at radius 2 is 1.90 bits per heavy atom. The quantitative estimate of drug-likeness (QED) is 0.687. The number of ether oxygens (including phenoxy) is 2. The zero-order chi connectivity index (χ0) is 20.8. The second-order valence-corrected chi connectivity index (χ2v) is 7.24. The normalized spacial score (nSPS) is 14.8. The van der Waals surface area contributed by atoms with E-state index in [1.165, 1.54) is 13.0 Å². The van der Waals surface area contributed by atoms with Gasteiger partial charge < -0.3 is 24.8 Å². The topological polar surface area (TPSA) is 88.1 Å². The molecule has 0 aromatic heterocycles. The second-order valence-electron chi connectivity index (χ2n) is 6.80. The third-order valence-corrected chi connectivity index (χ3v) is 4.82. The predicted octanol–water partition coefficient (Wildman–Crippen LogP) is 2.47. The van der Waals surface area contributed by atoms with E-state index in [1.54, 1.807) is 47.4 Å². The molecule has 0 aliphatic carbocycles. The van der Waals surface area contributed by atoms with Gasteiger partial charge in [-0.15, -0.1) is 0 Å². The van der Waals surface area contributed by atoms with Gasteiger partial charge in [-0.3, -0.25) is 9.59 Å². The molecule has 2 amide bonds. The molecule has 8 heteroatoms. The van der Waals surface area contributed by atoms with E-state index in [-0.39, 0.29) is 36.5 Å². The Morgan fingerprint density at radius 3 is 2.55 bits per heavy atom. The van der Waals surface area contributed by atoms with Gasteiger partial charge in [0.25, 0.3) is 5.91 Å². The highest BCUT2D eigenvalue weighted by Gasteiger charge is 2.30. The largest absolute Gasteiger partial charge is 0.507 e. The first-order valence-corrected chi connectivity index (χ1v) is 9.65. The number of nitrogens with zero attached hydrogens (tertiary/aromatic N) is 1. The number of para-hydroxylation sites is 1. The van der Waals surface area contributed by atoms with Crippen molar-refractivity contribution < 1.29 is 24.2 Å². The number of amides is 2. The van der Waals surface area contributed by atoms with Crippen molar-refractivity contribution in [3.05, 3.63) is 59.1 Å². The molecular formula is C21H23ClN2O5. The van der Waals surface area contributed by atoms with Crippen LogP contribution in [0.15, 0.2) is 48.5 Å². The lowest BCUT2D eigenvalue weighted by atomic mass is 10.1. The standard InChI is InChI=1S/C21H23ClN2O5/c1-14(25)24-11-18(12-24)28-13-17(29-16-8-6-15(22)7-9-16)10-23-21(27)19-4-2-3-5-20(19)26/h2-9,17-18,26H,10-13H2,1H3,(H,23,27)/t17-/m0/s1. The van der Waals surface area contributed by atoms with E-state index in [1.807, 2.05) is 0 Å². The molecule has 1 heterocycles. The third-order valence-electron chi connectivity index (χ3n) is 4.57. The van der Waals surface area contributed by atoms with Crippen LogP contribution < -0.4 is 10.1 Å². The molecule has 29 heavy (non-hydrogen) atoms. The van der Waals surface area contributed by atoms with Gasteiger partial charge in [0.2, 0.25) is 5.91 Å². The van der Waals surface area contributed by atoms with E-state index in [0.717, 1.165) is 0 Å². The van der Waals surface area contributed by atoms with Crippen molar-refractivity contribution in [2.45, 2.75) is 19.1 Å². The van der Waals surface area contributed by atoms with Gasteiger partial charge in [-0.1, -0.05) is 23.7 Å². The van der Waals surface area contributed by atoms with E-state index >= 15 is 0 Å². The molecule has 0 bridgehead atoms. The Kier molecular flexibility index (Phi) is 6.95. The molecule has 0 radical (unpaired) electrons. The number of likely N-dealkylation sites (tertiary alicyclic amines) is 1. The fraction of sp³-hybridized carbons (Fsp3) is 0.333. The summed E-state index contributed by atoms with van der Waals surface area (Å²) in [5.41, 5.74) is 0.190. The maximum atomic E-state index is 12.4. The number of halogens is 1. The summed E-state index contributed by atoms with van der Waals surface area (Å²) >= 11 is 5.91. The lowest BCUT2D eigenvalue weighted by Crippen LogP contribution is -2.55. The molecule has 1 saturated heterocycles. The molecular weight excluding hydrogens is 396 g/mol. The van der Waals surface area contributed by atoms with Crippen LogP contribution in [0.1, 0.15) is 17.3 Å². The average Bonchev–Trinajstić information content (AvgIpc) is 2.66. The summed E-state index contributed by atoms with van der Waals surface area (Å²) in [6.45, 7) is 3.04. The van der Waals surface area contributed by atoms with Crippen molar-refractivity contribution in [1.82, 2.24) is 10.2 Å². The van der Waals surface area contributed by atoms with Gasteiger partial charge >= 0.3 is 0 Å². The highest BCUT2D eigenvalue weighted by molar-refractivity contribution is 6.30. The summed E-state index contributed by atoms with van der Waals surface area (Å²) in [7, 11) is 0. The maximum Gasteiger partial charge on any atom is 0.255 e. The summed E-state index contributed by atoms with van der Waals surface area (Å²) in [5.74, 6) is 0.127. The number of hydrogen-bond donors (Lipinski definition) is 2. The van der Waals surface area contributed by atoms with Gasteiger partial charge in [0.05, 0.1) is 24.8 Å². The highest BCUT2D eigenvalue weighted by atomic mass is 35.5. The van der Waals surface area contributed by atoms with Crippen molar-refractivity contribution in [2.24, 2.45) is 0 Å². The Hall–Kier alpha value is -2.77. The van der Waals surface area contributed by atoms with Gasteiger partial charge in [-0.2, -0.15) is 0 Å². The first-order valence-electron chi connectivity index (χ1n) is 9.28. The van der Waals surface area contributed by atoms with E-state index in [9.17, 15) is 14.7 Å². The first kappa shape index (κ1) is 21.0. The Labute approximate surface area is 174 Å². The van der Waals surface area contributed by atoms with Gasteiger partial charge in [0, 0.05) is 25.0 Å². The fourth-order valence-electron chi connectivity index (χ4n) is 2.85. The summed E-state index contributed by atoms with van der Waals surface area (Å²) in [6.07, 6.45) is -0.513. The number of carbonyl (C=O) groups is 2. The fourth-order valence-corrected chi connectivity index (χ4v) is 2.98. The zero-order valence-corrected chi connectivity index (χ0v) is 16.8. The van der Waals surface area contributed by atoms with E-state index in [0.29, 0.717) is 23.9 Å². The highest BCUT2D eigenvalue weighted by Crippen LogP contribution is 2.19. The van der Waals surface area contributed by atoms with Crippen LogP contribution in [0.4, 0.5) is 0 Å². The molecule has 1 atom stereocenters. The lowest BCUT2D eigenvalue weighted by molar-refractivity contribution is -0.144. The second kappa shape index (κ2) is 9.62. The molecule has 1 fully saturated rings. The van der Waals surface area contributed by atoms with Gasteiger partial charge in [-0.25, -0.2) is 0 Å². The van der Waals surface area contributed by atoms with Crippen LogP contribution in [0.5, 0.6) is 11.5 Å². The van der Waals surface area contributed by atoms with E-state index in [2.05, 4.69) is 5.32 Å². The third kappa shape index (κ3) is 5.85. The summed E-state index contributed by atoms with van der Waals surface area (Å²) in [4.78, 5) is 25.3. The zero-order valence-electron chi connectivity index (χ0n) is 16.0. The number of carbonyl (C=O) groups excluding carboxylic acids is 2. The van der Waals surface area contributed by atoms with Crippen LogP contribution in [0.25, 0.3) is 0 Å². The number of phenolic OH excluding ortho intramolecular Hbond substituents is 1. The number of aromatic hydroxyl groups is 1. The average molecular weight is 419 g/mol. The smallest absolute Gasteiger partial charge is 0.255 e.